The van der Waals surface area contributed by atoms with Crippen LogP contribution in [-0.2, 0) is 4.79 Å². The van der Waals surface area contributed by atoms with Gasteiger partial charge in [-0.3, -0.25) is 4.79 Å². The number of nitrogens with zero attached hydrogens (tertiary/aromatic N) is 1. The number of hydrogen-bond donors (Lipinski definition) is 3. The molecule has 7 heteroatoms. The molecule has 1 aliphatic heterocycles. The van der Waals surface area contributed by atoms with Crippen molar-refractivity contribution in [2.24, 2.45) is 5.92 Å². The number of hydrogen-bond acceptors (Lipinski definition) is 4. The van der Waals surface area contributed by atoms with Crippen LogP contribution in [0, 0.1) is 5.92 Å². The summed E-state index contributed by atoms with van der Waals surface area (Å²) in [5.74, 6) is 2.23. The van der Waals surface area contributed by atoms with Crippen LogP contribution >= 0.6 is 24.2 Å². The zero-order valence-electron chi connectivity index (χ0n) is 14.6. The number of thioether (sulfide) groups is 1. The number of para-hydroxylation sites is 2. The molecule has 1 aromatic carbocycles. The zero-order chi connectivity index (χ0) is 16.8. The Hall–Kier alpha value is -1.24. The second-order valence-electron chi connectivity index (χ2n) is 6.44. The summed E-state index contributed by atoms with van der Waals surface area (Å²) in [6, 6.07) is 8.01. The lowest BCUT2D eigenvalue weighted by Crippen LogP contribution is -2.33. The average Bonchev–Trinajstić information content (AvgIpc) is 3.05. The Morgan fingerprint density at radius 2 is 2.28 bits per heavy atom. The van der Waals surface area contributed by atoms with Crippen molar-refractivity contribution in [3.05, 3.63) is 30.1 Å². The summed E-state index contributed by atoms with van der Waals surface area (Å²) >= 11 is 1.62. The summed E-state index contributed by atoms with van der Waals surface area (Å²) in [5.41, 5.74) is 2.02. The van der Waals surface area contributed by atoms with E-state index in [1.165, 1.54) is 12.8 Å². The molecule has 0 aliphatic carbocycles. The van der Waals surface area contributed by atoms with E-state index in [0.29, 0.717) is 11.7 Å². The molecule has 2 unspecified atom stereocenters. The number of carbonyl (C=O) groups is 1. The molecule has 2 aromatic rings. The quantitative estimate of drug-likeness (QED) is 0.687. The summed E-state index contributed by atoms with van der Waals surface area (Å²) in [6.07, 6.45) is 3.60. The molecule has 2 heterocycles. The van der Waals surface area contributed by atoms with Gasteiger partial charge in [-0.25, -0.2) is 4.98 Å². The molecule has 138 valence electrons. The van der Waals surface area contributed by atoms with Gasteiger partial charge in [-0.15, -0.1) is 24.2 Å². The smallest absolute Gasteiger partial charge is 0.230 e. The van der Waals surface area contributed by atoms with Gasteiger partial charge < -0.3 is 15.6 Å². The van der Waals surface area contributed by atoms with Crippen molar-refractivity contribution >= 4 is 41.1 Å². The minimum Gasteiger partial charge on any atom is -0.355 e. The fourth-order valence-electron chi connectivity index (χ4n) is 3.08. The van der Waals surface area contributed by atoms with Crippen molar-refractivity contribution < 1.29 is 4.79 Å². The maximum atomic E-state index is 12.0. The van der Waals surface area contributed by atoms with E-state index in [2.05, 4.69) is 27.5 Å². The van der Waals surface area contributed by atoms with Gasteiger partial charge in [-0.2, -0.15) is 0 Å². The number of benzene rings is 1. The fraction of sp³-hybridized carbons (Fsp3) is 0.556. The molecule has 0 bridgehead atoms. The maximum absolute atomic E-state index is 12.0. The van der Waals surface area contributed by atoms with Gasteiger partial charge >= 0.3 is 0 Å². The molecule has 1 aromatic heterocycles. The Kier molecular flexibility index (Phi) is 8.06. The van der Waals surface area contributed by atoms with E-state index in [4.69, 9.17) is 0 Å². The second kappa shape index (κ2) is 10.0. The van der Waals surface area contributed by atoms with Gasteiger partial charge in [0, 0.05) is 6.54 Å². The third kappa shape index (κ3) is 5.90. The van der Waals surface area contributed by atoms with Gasteiger partial charge in [0.1, 0.15) is 5.82 Å². The first-order chi connectivity index (χ1) is 11.7. The molecule has 2 atom stereocenters. The van der Waals surface area contributed by atoms with E-state index in [-0.39, 0.29) is 23.6 Å². The van der Waals surface area contributed by atoms with Gasteiger partial charge in [0.15, 0.2) is 0 Å². The first-order valence-corrected chi connectivity index (χ1v) is 9.81. The summed E-state index contributed by atoms with van der Waals surface area (Å²) in [6.45, 7) is 5.10. The normalized spacial score (nSPS) is 18.5. The van der Waals surface area contributed by atoms with Crippen LogP contribution in [0.25, 0.3) is 11.0 Å². The highest BCUT2D eigenvalue weighted by Gasteiger charge is 2.15. The SMILES string of the molecule is CC(SCC(=O)NCCC1CCCNC1)c1nc2ccccc2[nH]1.Cl. The Morgan fingerprint density at radius 1 is 1.44 bits per heavy atom. The van der Waals surface area contributed by atoms with Gasteiger partial charge in [-0.1, -0.05) is 12.1 Å². The predicted molar refractivity (Wildman–Crippen MR) is 107 cm³/mol. The van der Waals surface area contributed by atoms with Crippen molar-refractivity contribution in [1.82, 2.24) is 20.6 Å². The van der Waals surface area contributed by atoms with Crippen LogP contribution < -0.4 is 10.6 Å². The van der Waals surface area contributed by atoms with E-state index >= 15 is 0 Å². The predicted octanol–water partition coefficient (Wildman–Crippen LogP) is 3.28. The van der Waals surface area contributed by atoms with E-state index < -0.39 is 0 Å². The summed E-state index contributed by atoms with van der Waals surface area (Å²) in [7, 11) is 0. The maximum Gasteiger partial charge on any atom is 0.230 e. The van der Waals surface area contributed by atoms with Gasteiger partial charge in [0.25, 0.3) is 0 Å². The second-order valence-corrected chi connectivity index (χ2v) is 7.77. The first-order valence-electron chi connectivity index (χ1n) is 8.76. The van der Waals surface area contributed by atoms with Crippen LogP contribution in [0.4, 0.5) is 0 Å². The third-order valence-electron chi connectivity index (χ3n) is 4.53. The van der Waals surface area contributed by atoms with Crippen LogP contribution in [0.15, 0.2) is 24.3 Å². The monoisotopic (exact) mass is 382 g/mol. The number of aromatic nitrogens is 2. The van der Waals surface area contributed by atoms with Crippen LogP contribution in [0.5, 0.6) is 0 Å². The number of fused-ring (bicyclic) bond motifs is 1. The molecule has 0 radical (unpaired) electrons. The number of amides is 1. The third-order valence-corrected chi connectivity index (χ3v) is 5.68. The molecule has 1 fully saturated rings. The van der Waals surface area contributed by atoms with Crippen molar-refractivity contribution in [3.63, 3.8) is 0 Å². The van der Waals surface area contributed by atoms with Gasteiger partial charge in [-0.05, 0) is 57.3 Å². The summed E-state index contributed by atoms with van der Waals surface area (Å²) in [5, 5.41) is 6.63. The lowest BCUT2D eigenvalue weighted by Gasteiger charge is -2.22. The first kappa shape index (κ1) is 20.1. The zero-order valence-corrected chi connectivity index (χ0v) is 16.2. The molecule has 1 aliphatic rings. The van der Waals surface area contributed by atoms with E-state index in [0.717, 1.165) is 42.9 Å². The molecule has 3 rings (SSSR count). The number of aromatic amines is 1. The van der Waals surface area contributed by atoms with Crippen molar-refractivity contribution in [2.75, 3.05) is 25.4 Å². The molecular formula is C18H27ClN4OS. The summed E-state index contributed by atoms with van der Waals surface area (Å²) in [4.78, 5) is 19.9. The minimum absolute atomic E-state index is 0. The number of halogens is 1. The lowest BCUT2D eigenvalue weighted by atomic mass is 9.96. The van der Waals surface area contributed by atoms with Crippen LogP contribution in [0.2, 0.25) is 0 Å². The van der Waals surface area contributed by atoms with Crippen LogP contribution in [0.1, 0.15) is 37.3 Å². The number of H-pyrrole nitrogens is 1. The van der Waals surface area contributed by atoms with Crippen molar-refractivity contribution in [3.8, 4) is 0 Å². The number of rotatable bonds is 7. The fourth-order valence-corrected chi connectivity index (χ4v) is 3.85. The number of nitrogens with one attached hydrogen (secondary N) is 3. The van der Waals surface area contributed by atoms with Crippen molar-refractivity contribution in [2.45, 2.75) is 31.4 Å². The Balaban J connectivity index is 0.00000225. The van der Waals surface area contributed by atoms with E-state index in [9.17, 15) is 4.79 Å². The minimum atomic E-state index is 0. The molecule has 0 saturated carbocycles. The van der Waals surface area contributed by atoms with Crippen molar-refractivity contribution in [1.29, 1.82) is 0 Å². The van der Waals surface area contributed by atoms with Gasteiger partial charge in [0.2, 0.25) is 5.91 Å². The van der Waals surface area contributed by atoms with Gasteiger partial charge in [0.05, 0.1) is 22.0 Å². The number of piperidine rings is 1. The van der Waals surface area contributed by atoms with Crippen LogP contribution in [-0.4, -0.2) is 41.3 Å². The molecule has 3 N–H and O–H groups in total. The van der Waals surface area contributed by atoms with Crippen LogP contribution in [0.3, 0.4) is 0 Å². The molecule has 1 amide bonds. The Morgan fingerprint density at radius 3 is 3.04 bits per heavy atom. The standard InChI is InChI=1S/C18H26N4OS.ClH/c1-13(18-21-15-6-2-3-7-16(15)22-18)24-12-17(23)20-10-8-14-5-4-9-19-11-14;/h2-3,6-7,13-14,19H,4-5,8-12H2,1H3,(H,20,23)(H,21,22);1H. The lowest BCUT2D eigenvalue weighted by molar-refractivity contribution is -0.118. The highest BCUT2D eigenvalue weighted by Crippen LogP contribution is 2.27. The molecule has 25 heavy (non-hydrogen) atoms. The number of imidazole rings is 1. The van der Waals surface area contributed by atoms with E-state index in [1.807, 2.05) is 24.3 Å². The molecule has 0 spiro atoms. The molecule has 5 nitrogen and oxygen atoms in total. The Bertz CT molecular complexity index is 639. The highest BCUT2D eigenvalue weighted by molar-refractivity contribution is 8.00. The Labute approximate surface area is 159 Å². The average molecular weight is 383 g/mol. The highest BCUT2D eigenvalue weighted by atomic mass is 35.5. The number of carbonyl (C=O) groups excluding carboxylic acids is 1. The largest absolute Gasteiger partial charge is 0.355 e. The molecule has 1 saturated heterocycles. The topological polar surface area (TPSA) is 69.8 Å². The molecular weight excluding hydrogens is 356 g/mol. The van der Waals surface area contributed by atoms with E-state index in [1.54, 1.807) is 11.8 Å². The summed E-state index contributed by atoms with van der Waals surface area (Å²) < 4.78 is 0.